The summed E-state index contributed by atoms with van der Waals surface area (Å²) >= 11 is 1.75. The summed E-state index contributed by atoms with van der Waals surface area (Å²) in [5.74, 6) is 0. The second-order valence-electron chi connectivity index (χ2n) is 3.64. The Morgan fingerprint density at radius 1 is 1.47 bits per heavy atom. The van der Waals surface area contributed by atoms with Crippen LogP contribution >= 0.6 is 11.8 Å². The van der Waals surface area contributed by atoms with Crippen molar-refractivity contribution in [3.8, 4) is 0 Å². The Labute approximate surface area is 96.1 Å². The van der Waals surface area contributed by atoms with Crippen LogP contribution in [-0.2, 0) is 0 Å². The maximum Gasteiger partial charge on any atom is 0.0431 e. The Kier molecular flexibility index (Phi) is 5.58. The zero-order valence-corrected chi connectivity index (χ0v) is 10.2. The number of aliphatic hydroxyl groups excluding tert-OH is 1. The van der Waals surface area contributed by atoms with Crippen LogP contribution in [0, 0.1) is 0 Å². The van der Waals surface area contributed by atoms with E-state index in [2.05, 4.69) is 42.8 Å². The third-order valence-electron chi connectivity index (χ3n) is 2.28. The fraction of sp³-hybridized carbons (Fsp3) is 0.500. The van der Waals surface area contributed by atoms with Crippen molar-refractivity contribution >= 4 is 17.4 Å². The number of anilines is 1. The molecule has 1 aromatic rings. The van der Waals surface area contributed by atoms with Crippen molar-refractivity contribution in [2.24, 2.45) is 0 Å². The molecule has 2 nitrogen and oxygen atoms in total. The van der Waals surface area contributed by atoms with E-state index >= 15 is 0 Å². The summed E-state index contributed by atoms with van der Waals surface area (Å²) in [6.07, 6.45) is 3.94. The number of benzene rings is 1. The molecular formula is C12H19NOS. The van der Waals surface area contributed by atoms with Gasteiger partial charge in [0.1, 0.15) is 0 Å². The molecular weight excluding hydrogens is 206 g/mol. The fourth-order valence-electron chi connectivity index (χ4n) is 1.47. The van der Waals surface area contributed by atoms with Gasteiger partial charge in [0.05, 0.1) is 0 Å². The Balaban J connectivity index is 2.48. The molecule has 1 atom stereocenters. The summed E-state index contributed by atoms with van der Waals surface area (Å²) in [6, 6.07) is 8.81. The van der Waals surface area contributed by atoms with Gasteiger partial charge in [-0.15, -0.1) is 11.8 Å². The molecule has 0 heterocycles. The Morgan fingerprint density at radius 2 is 2.27 bits per heavy atom. The quantitative estimate of drug-likeness (QED) is 0.730. The predicted molar refractivity (Wildman–Crippen MR) is 67.6 cm³/mol. The van der Waals surface area contributed by atoms with Crippen molar-refractivity contribution in [2.75, 3.05) is 18.2 Å². The molecule has 3 heteroatoms. The van der Waals surface area contributed by atoms with Crippen LogP contribution in [0.4, 0.5) is 5.69 Å². The van der Waals surface area contributed by atoms with Gasteiger partial charge in [0.25, 0.3) is 0 Å². The van der Waals surface area contributed by atoms with Crippen molar-refractivity contribution in [3.63, 3.8) is 0 Å². The lowest BCUT2D eigenvalue weighted by molar-refractivity contribution is 0.282. The zero-order chi connectivity index (χ0) is 11.1. The number of aliphatic hydroxyl groups is 1. The van der Waals surface area contributed by atoms with Crippen molar-refractivity contribution in [1.82, 2.24) is 0 Å². The Morgan fingerprint density at radius 3 is 2.93 bits per heavy atom. The van der Waals surface area contributed by atoms with Gasteiger partial charge in [0, 0.05) is 23.2 Å². The molecule has 0 aliphatic carbocycles. The lowest BCUT2D eigenvalue weighted by atomic mass is 10.2. The summed E-state index contributed by atoms with van der Waals surface area (Å²) in [5.41, 5.74) is 1.16. The first kappa shape index (κ1) is 12.4. The molecule has 2 N–H and O–H groups in total. The predicted octanol–water partition coefficient (Wildman–Crippen LogP) is 2.98. The standard InChI is InChI=1S/C12H19NOS/c1-10(5-4-8-14)13-11-6-3-7-12(9-11)15-2/h3,6-7,9-10,13-14H,4-5,8H2,1-2H3. The molecule has 0 bridgehead atoms. The van der Waals surface area contributed by atoms with E-state index in [1.165, 1.54) is 4.90 Å². The van der Waals surface area contributed by atoms with Crippen LogP contribution in [0.1, 0.15) is 19.8 Å². The molecule has 0 fully saturated rings. The highest BCUT2D eigenvalue weighted by Crippen LogP contribution is 2.19. The number of rotatable bonds is 6. The largest absolute Gasteiger partial charge is 0.396 e. The van der Waals surface area contributed by atoms with E-state index in [4.69, 9.17) is 5.11 Å². The van der Waals surface area contributed by atoms with E-state index in [9.17, 15) is 0 Å². The third kappa shape index (κ3) is 4.58. The first-order valence-electron chi connectivity index (χ1n) is 5.27. The van der Waals surface area contributed by atoms with Gasteiger partial charge < -0.3 is 10.4 Å². The summed E-state index contributed by atoms with van der Waals surface area (Å²) in [4.78, 5) is 1.27. The van der Waals surface area contributed by atoms with Gasteiger partial charge in [0.2, 0.25) is 0 Å². The molecule has 0 aliphatic heterocycles. The highest BCUT2D eigenvalue weighted by atomic mass is 32.2. The lowest BCUT2D eigenvalue weighted by Crippen LogP contribution is -2.15. The van der Waals surface area contributed by atoms with E-state index in [1.807, 2.05) is 0 Å². The summed E-state index contributed by atoms with van der Waals surface area (Å²) in [7, 11) is 0. The normalized spacial score (nSPS) is 12.5. The molecule has 84 valence electrons. The third-order valence-corrected chi connectivity index (χ3v) is 3.00. The van der Waals surface area contributed by atoms with Gasteiger partial charge in [-0.2, -0.15) is 0 Å². The smallest absolute Gasteiger partial charge is 0.0431 e. The van der Waals surface area contributed by atoms with Crippen molar-refractivity contribution < 1.29 is 5.11 Å². The minimum Gasteiger partial charge on any atom is -0.396 e. The van der Waals surface area contributed by atoms with E-state index in [0.717, 1.165) is 18.5 Å². The molecule has 1 rings (SSSR count). The SMILES string of the molecule is CSc1cccc(NC(C)CCCO)c1. The lowest BCUT2D eigenvalue weighted by Gasteiger charge is -2.15. The van der Waals surface area contributed by atoms with E-state index in [-0.39, 0.29) is 6.61 Å². The van der Waals surface area contributed by atoms with Crippen LogP contribution in [0.2, 0.25) is 0 Å². The average molecular weight is 225 g/mol. The maximum atomic E-state index is 8.73. The number of hydrogen-bond donors (Lipinski definition) is 2. The molecule has 0 radical (unpaired) electrons. The molecule has 0 saturated heterocycles. The minimum absolute atomic E-state index is 0.275. The van der Waals surface area contributed by atoms with E-state index in [0.29, 0.717) is 6.04 Å². The van der Waals surface area contributed by atoms with Gasteiger partial charge in [-0.25, -0.2) is 0 Å². The highest BCUT2D eigenvalue weighted by Gasteiger charge is 2.01. The molecule has 0 spiro atoms. The van der Waals surface area contributed by atoms with Gasteiger partial charge in [-0.1, -0.05) is 6.07 Å². The monoisotopic (exact) mass is 225 g/mol. The number of thioether (sulfide) groups is 1. The van der Waals surface area contributed by atoms with Crippen LogP contribution in [0.3, 0.4) is 0 Å². The van der Waals surface area contributed by atoms with Crippen molar-refractivity contribution in [3.05, 3.63) is 24.3 Å². The van der Waals surface area contributed by atoms with E-state index in [1.54, 1.807) is 11.8 Å². The number of nitrogens with one attached hydrogen (secondary N) is 1. The molecule has 15 heavy (non-hydrogen) atoms. The van der Waals surface area contributed by atoms with Crippen molar-refractivity contribution in [1.29, 1.82) is 0 Å². The molecule has 1 aromatic carbocycles. The van der Waals surface area contributed by atoms with Crippen LogP contribution in [0.5, 0.6) is 0 Å². The van der Waals surface area contributed by atoms with Crippen molar-refractivity contribution in [2.45, 2.75) is 30.7 Å². The molecule has 0 saturated carbocycles. The summed E-state index contributed by atoms with van der Waals surface area (Å²) < 4.78 is 0. The molecule has 0 amide bonds. The second kappa shape index (κ2) is 6.75. The molecule has 1 unspecified atom stereocenters. The van der Waals surface area contributed by atoms with E-state index < -0.39 is 0 Å². The molecule has 0 aliphatic rings. The second-order valence-corrected chi connectivity index (χ2v) is 4.52. The number of hydrogen-bond acceptors (Lipinski definition) is 3. The molecule has 0 aromatic heterocycles. The highest BCUT2D eigenvalue weighted by molar-refractivity contribution is 7.98. The van der Waals surface area contributed by atoms with Crippen LogP contribution < -0.4 is 5.32 Å². The topological polar surface area (TPSA) is 32.3 Å². The maximum absolute atomic E-state index is 8.73. The Bertz CT molecular complexity index is 291. The van der Waals surface area contributed by atoms with Gasteiger partial charge in [-0.3, -0.25) is 0 Å². The summed E-state index contributed by atoms with van der Waals surface area (Å²) in [5, 5.41) is 12.2. The van der Waals surface area contributed by atoms with Gasteiger partial charge in [0.15, 0.2) is 0 Å². The first-order valence-corrected chi connectivity index (χ1v) is 6.50. The van der Waals surface area contributed by atoms with Crippen LogP contribution in [0.15, 0.2) is 29.2 Å². The van der Waals surface area contributed by atoms with Gasteiger partial charge in [-0.05, 0) is 44.2 Å². The van der Waals surface area contributed by atoms with Crippen LogP contribution in [-0.4, -0.2) is 24.0 Å². The first-order chi connectivity index (χ1) is 7.26. The zero-order valence-electron chi connectivity index (χ0n) is 9.36. The average Bonchev–Trinajstić information content (AvgIpc) is 2.26. The minimum atomic E-state index is 0.275. The Hall–Kier alpha value is -0.670. The van der Waals surface area contributed by atoms with Crippen LogP contribution in [0.25, 0.3) is 0 Å². The van der Waals surface area contributed by atoms with Gasteiger partial charge >= 0.3 is 0 Å². The fourth-order valence-corrected chi connectivity index (χ4v) is 1.93. The summed E-state index contributed by atoms with van der Waals surface area (Å²) in [6.45, 7) is 2.41.